The zero-order valence-corrected chi connectivity index (χ0v) is 18.7. The molecule has 0 spiro atoms. The summed E-state index contributed by atoms with van der Waals surface area (Å²) in [5.74, 6) is 1.26. The maximum Gasteiger partial charge on any atom is 0.307 e. The fraction of sp³-hybridized carbons (Fsp3) is 0.818. The first-order valence-corrected chi connectivity index (χ1v) is 10.9. The third-order valence-electron chi connectivity index (χ3n) is 5.47. The van der Waals surface area contributed by atoms with Crippen molar-refractivity contribution in [1.29, 1.82) is 0 Å². The number of aromatic nitrogens is 2. The summed E-state index contributed by atoms with van der Waals surface area (Å²) >= 11 is 0. The quantitative estimate of drug-likeness (QED) is 0.556. The van der Waals surface area contributed by atoms with Crippen molar-refractivity contribution in [1.82, 2.24) is 15.0 Å². The maximum absolute atomic E-state index is 12.4. The van der Waals surface area contributed by atoms with Gasteiger partial charge < -0.3 is 14.2 Å². The van der Waals surface area contributed by atoms with Crippen LogP contribution in [0.15, 0.2) is 4.52 Å². The van der Waals surface area contributed by atoms with Gasteiger partial charge in [-0.25, -0.2) is 0 Å². The van der Waals surface area contributed by atoms with E-state index < -0.39 is 5.60 Å². The van der Waals surface area contributed by atoms with Crippen LogP contribution in [0.5, 0.6) is 0 Å². The largest absolute Gasteiger partial charge is 0.460 e. The van der Waals surface area contributed by atoms with Crippen LogP contribution in [0.3, 0.4) is 0 Å². The standard InChI is InChI=1S/C22H37N3O4/c1-16(26)25(5)15-19-23-21(29-24-19)18(14-20(27)28-22(2,3)4)13-9-12-17-10-7-6-8-11-17/h17-18H,6-15H2,1-5H3/t18-/m0/s1. The highest BCUT2D eigenvalue weighted by molar-refractivity contribution is 5.72. The minimum absolute atomic E-state index is 0.0610. The molecule has 29 heavy (non-hydrogen) atoms. The minimum Gasteiger partial charge on any atom is -0.460 e. The number of rotatable bonds is 9. The summed E-state index contributed by atoms with van der Waals surface area (Å²) in [6.45, 7) is 7.39. The molecule has 1 amide bonds. The lowest BCUT2D eigenvalue weighted by Gasteiger charge is -2.23. The summed E-state index contributed by atoms with van der Waals surface area (Å²) in [5, 5.41) is 4.01. The lowest BCUT2D eigenvalue weighted by Crippen LogP contribution is -2.25. The van der Waals surface area contributed by atoms with Crippen molar-refractivity contribution in [3.63, 3.8) is 0 Å². The molecule has 1 aliphatic rings. The monoisotopic (exact) mass is 407 g/mol. The lowest BCUT2D eigenvalue weighted by molar-refractivity contribution is -0.155. The molecule has 164 valence electrons. The predicted octanol–water partition coefficient (Wildman–Crippen LogP) is 4.61. The second kappa shape index (κ2) is 10.7. The van der Waals surface area contributed by atoms with Crippen molar-refractivity contribution < 1.29 is 18.8 Å². The van der Waals surface area contributed by atoms with Crippen LogP contribution in [0.1, 0.15) is 103 Å². The molecule has 2 rings (SSSR count). The topological polar surface area (TPSA) is 85.5 Å². The molecule has 0 aliphatic heterocycles. The number of esters is 1. The molecule has 7 heteroatoms. The molecule has 0 unspecified atom stereocenters. The van der Waals surface area contributed by atoms with Gasteiger partial charge in [0.1, 0.15) is 5.60 Å². The van der Waals surface area contributed by atoms with Crippen molar-refractivity contribution in [2.24, 2.45) is 5.92 Å². The zero-order chi connectivity index (χ0) is 21.4. The molecule has 1 fully saturated rings. The van der Waals surface area contributed by atoms with Crippen LogP contribution in [0.2, 0.25) is 0 Å². The number of hydrogen-bond acceptors (Lipinski definition) is 6. The highest BCUT2D eigenvalue weighted by Gasteiger charge is 2.26. The van der Waals surface area contributed by atoms with Crippen molar-refractivity contribution >= 4 is 11.9 Å². The molecule has 1 atom stereocenters. The van der Waals surface area contributed by atoms with Gasteiger partial charge in [0, 0.05) is 19.9 Å². The molecule has 0 saturated heterocycles. The molecule has 1 aromatic heterocycles. The summed E-state index contributed by atoms with van der Waals surface area (Å²) in [7, 11) is 1.70. The number of hydrogen-bond donors (Lipinski definition) is 0. The number of carbonyl (C=O) groups is 2. The Morgan fingerprint density at radius 1 is 1.24 bits per heavy atom. The van der Waals surface area contributed by atoms with E-state index in [0.717, 1.165) is 18.8 Å². The van der Waals surface area contributed by atoms with Gasteiger partial charge >= 0.3 is 5.97 Å². The molecule has 1 heterocycles. The fourth-order valence-electron chi connectivity index (χ4n) is 3.85. The Labute approximate surface area is 174 Å². The fourth-order valence-corrected chi connectivity index (χ4v) is 3.85. The molecular formula is C22H37N3O4. The average molecular weight is 408 g/mol. The van der Waals surface area contributed by atoms with Crippen molar-refractivity contribution in [2.75, 3.05) is 7.05 Å². The van der Waals surface area contributed by atoms with Gasteiger partial charge in [-0.2, -0.15) is 4.98 Å². The average Bonchev–Trinajstić information content (AvgIpc) is 3.08. The van der Waals surface area contributed by atoms with Crippen LogP contribution in [0.25, 0.3) is 0 Å². The van der Waals surface area contributed by atoms with Gasteiger partial charge in [0.15, 0.2) is 5.82 Å². The van der Waals surface area contributed by atoms with Crippen LogP contribution in [-0.4, -0.2) is 39.6 Å². The highest BCUT2D eigenvalue weighted by Crippen LogP contribution is 2.31. The molecule has 1 saturated carbocycles. The van der Waals surface area contributed by atoms with E-state index in [1.807, 2.05) is 20.8 Å². The van der Waals surface area contributed by atoms with Crippen LogP contribution in [0, 0.1) is 5.92 Å². The Bertz CT molecular complexity index is 659. The normalized spacial score (nSPS) is 16.4. The van der Waals surface area contributed by atoms with Gasteiger partial charge in [0.2, 0.25) is 11.8 Å². The SMILES string of the molecule is CC(=O)N(C)Cc1noc([C@@H](CCCC2CCCCC2)CC(=O)OC(C)(C)C)n1. The van der Waals surface area contributed by atoms with E-state index >= 15 is 0 Å². The highest BCUT2D eigenvalue weighted by atomic mass is 16.6. The molecule has 0 N–H and O–H groups in total. The first kappa shape index (κ1) is 23.4. The van der Waals surface area contributed by atoms with E-state index in [4.69, 9.17) is 9.26 Å². The number of amides is 1. The molecule has 1 aromatic rings. The Morgan fingerprint density at radius 2 is 1.93 bits per heavy atom. The second-order valence-electron chi connectivity index (χ2n) is 9.35. The summed E-state index contributed by atoms with van der Waals surface area (Å²) in [6, 6.07) is 0. The Morgan fingerprint density at radius 3 is 2.55 bits per heavy atom. The van der Waals surface area contributed by atoms with Gasteiger partial charge in [-0.1, -0.05) is 50.1 Å². The number of ether oxygens (including phenoxy) is 1. The summed E-state index contributed by atoms with van der Waals surface area (Å²) in [5.41, 5.74) is -0.520. The van der Waals surface area contributed by atoms with E-state index in [1.54, 1.807) is 7.05 Å². The van der Waals surface area contributed by atoms with Crippen LogP contribution >= 0.6 is 0 Å². The third-order valence-corrected chi connectivity index (χ3v) is 5.47. The minimum atomic E-state index is -0.520. The van der Waals surface area contributed by atoms with E-state index in [9.17, 15) is 9.59 Å². The molecular weight excluding hydrogens is 370 g/mol. The first-order valence-electron chi connectivity index (χ1n) is 10.9. The second-order valence-corrected chi connectivity index (χ2v) is 9.35. The third kappa shape index (κ3) is 8.54. The first-order chi connectivity index (χ1) is 13.6. The van der Waals surface area contributed by atoms with Gasteiger partial charge in [-0.15, -0.1) is 0 Å². The van der Waals surface area contributed by atoms with Crippen LogP contribution < -0.4 is 0 Å². The van der Waals surface area contributed by atoms with Crippen LogP contribution in [-0.2, 0) is 20.9 Å². The van der Waals surface area contributed by atoms with Crippen molar-refractivity contribution in [3.05, 3.63) is 11.7 Å². The van der Waals surface area contributed by atoms with Crippen molar-refractivity contribution in [2.45, 2.75) is 104 Å². The summed E-state index contributed by atoms with van der Waals surface area (Å²) in [4.78, 5) is 29.9. The van der Waals surface area contributed by atoms with E-state index in [1.165, 1.54) is 50.3 Å². The molecule has 0 radical (unpaired) electrons. The zero-order valence-electron chi connectivity index (χ0n) is 18.7. The molecule has 0 aromatic carbocycles. The van der Waals surface area contributed by atoms with Gasteiger partial charge in [0.25, 0.3) is 0 Å². The van der Waals surface area contributed by atoms with Crippen LogP contribution in [0.4, 0.5) is 0 Å². The van der Waals surface area contributed by atoms with Gasteiger partial charge in [-0.3, -0.25) is 9.59 Å². The van der Waals surface area contributed by atoms with E-state index in [0.29, 0.717) is 18.3 Å². The Kier molecular flexibility index (Phi) is 8.65. The Hall–Kier alpha value is -1.92. The molecule has 0 bridgehead atoms. The summed E-state index contributed by atoms with van der Waals surface area (Å²) in [6.07, 6.45) is 9.92. The lowest BCUT2D eigenvalue weighted by atomic mass is 9.84. The van der Waals surface area contributed by atoms with Crippen molar-refractivity contribution in [3.8, 4) is 0 Å². The molecule has 1 aliphatic carbocycles. The predicted molar refractivity (Wildman–Crippen MR) is 110 cm³/mol. The number of nitrogens with zero attached hydrogens (tertiary/aromatic N) is 3. The van der Waals surface area contributed by atoms with Gasteiger partial charge in [0.05, 0.1) is 13.0 Å². The molecule has 7 nitrogen and oxygen atoms in total. The maximum atomic E-state index is 12.4. The number of carbonyl (C=O) groups excluding carboxylic acids is 2. The van der Waals surface area contributed by atoms with E-state index in [-0.39, 0.29) is 24.2 Å². The summed E-state index contributed by atoms with van der Waals surface area (Å²) < 4.78 is 11.0. The Balaban J connectivity index is 1.99. The van der Waals surface area contributed by atoms with Gasteiger partial charge in [-0.05, 0) is 33.1 Å². The van der Waals surface area contributed by atoms with E-state index in [2.05, 4.69) is 10.1 Å². The smallest absolute Gasteiger partial charge is 0.307 e.